The van der Waals surface area contributed by atoms with Crippen LogP contribution in [-0.2, 0) is 0 Å². The monoisotopic (exact) mass is 642 g/mol. The molecule has 50 heavy (non-hydrogen) atoms. The van der Waals surface area contributed by atoms with E-state index in [9.17, 15) is 0 Å². The lowest BCUT2D eigenvalue weighted by molar-refractivity contribution is 0.532. The molecule has 0 heterocycles. The van der Waals surface area contributed by atoms with E-state index in [0.717, 1.165) is 22.7 Å². The van der Waals surface area contributed by atoms with Crippen molar-refractivity contribution in [3.05, 3.63) is 224 Å². The van der Waals surface area contributed by atoms with Crippen LogP contribution in [0, 0.1) is 0 Å². The Balaban J connectivity index is 1.36. The fourth-order valence-corrected chi connectivity index (χ4v) is 7.39. The van der Waals surface area contributed by atoms with Gasteiger partial charge in [0.15, 0.2) is 0 Å². The van der Waals surface area contributed by atoms with Crippen LogP contribution in [0.2, 0.25) is 0 Å². The molecule has 7 aromatic rings. The molecule has 0 unspecified atom stereocenters. The van der Waals surface area contributed by atoms with E-state index >= 15 is 0 Å². The normalized spacial score (nSPS) is 13.3. The maximum Gasteiger partial charge on any atom is 0.145 e. The van der Waals surface area contributed by atoms with E-state index in [1.165, 1.54) is 33.4 Å². The van der Waals surface area contributed by atoms with Crippen LogP contribution < -0.4 is 9.80 Å². The number of para-hydroxylation sites is 4. The number of benzene rings is 7. The molecule has 8 rings (SSSR count). The van der Waals surface area contributed by atoms with Crippen LogP contribution >= 0.6 is 0 Å². The van der Waals surface area contributed by atoms with Crippen molar-refractivity contribution in [3.8, 4) is 22.3 Å². The molecule has 0 N–H and O–H groups in total. The molecule has 0 aromatic heterocycles. The highest BCUT2D eigenvalue weighted by atomic mass is 15.4. The first-order chi connectivity index (χ1) is 24.8. The zero-order valence-corrected chi connectivity index (χ0v) is 27.9. The third-order valence-corrected chi connectivity index (χ3v) is 9.52. The Labute approximate surface area is 295 Å². The smallest absolute Gasteiger partial charge is 0.145 e. The molecule has 0 saturated heterocycles. The van der Waals surface area contributed by atoms with Crippen molar-refractivity contribution in [3.63, 3.8) is 0 Å². The maximum absolute atomic E-state index is 2.51. The van der Waals surface area contributed by atoms with Crippen molar-refractivity contribution in [1.29, 1.82) is 0 Å². The van der Waals surface area contributed by atoms with E-state index in [1.807, 2.05) is 0 Å². The van der Waals surface area contributed by atoms with E-state index in [4.69, 9.17) is 0 Å². The molecule has 0 aliphatic heterocycles. The van der Waals surface area contributed by atoms with Gasteiger partial charge in [0.2, 0.25) is 0 Å². The topological polar surface area (TPSA) is 6.48 Å². The summed E-state index contributed by atoms with van der Waals surface area (Å²) in [4.78, 5) is 5.02. The molecule has 0 fully saturated rings. The van der Waals surface area contributed by atoms with Gasteiger partial charge in [0.1, 0.15) is 5.66 Å². The van der Waals surface area contributed by atoms with Crippen molar-refractivity contribution in [2.24, 2.45) is 0 Å². The summed E-state index contributed by atoms with van der Waals surface area (Å²) in [6.07, 6.45) is 7.67. The van der Waals surface area contributed by atoms with E-state index < -0.39 is 5.66 Å². The molecule has 0 bridgehead atoms. The quantitative estimate of drug-likeness (QED) is 0.145. The molecule has 0 amide bonds. The van der Waals surface area contributed by atoms with Gasteiger partial charge in [0, 0.05) is 29.2 Å². The van der Waals surface area contributed by atoms with Gasteiger partial charge in [-0.1, -0.05) is 164 Å². The van der Waals surface area contributed by atoms with Crippen molar-refractivity contribution >= 4 is 28.3 Å². The lowest BCUT2D eigenvalue weighted by atomic mass is 9.82. The summed E-state index contributed by atoms with van der Waals surface area (Å²) in [6.45, 7) is 0. The van der Waals surface area contributed by atoms with Crippen LogP contribution in [-0.4, -0.2) is 5.66 Å². The van der Waals surface area contributed by atoms with Gasteiger partial charge in [0.25, 0.3) is 0 Å². The molecule has 2 heteroatoms. The molecule has 0 saturated carbocycles. The molecule has 0 atom stereocenters. The summed E-state index contributed by atoms with van der Waals surface area (Å²) in [5.74, 6) is 0. The minimum atomic E-state index is -0.679. The SMILES string of the molecule is C1=CC(N(c2ccccc2)c2ccccc2)(N(c2ccccc2)c2ccccc2)CC(c2ccccc2-c2ccccc2-c2ccccc2)=C1. The van der Waals surface area contributed by atoms with Crippen molar-refractivity contribution in [2.75, 3.05) is 9.80 Å². The first kappa shape index (κ1) is 30.9. The Kier molecular flexibility index (Phi) is 8.66. The van der Waals surface area contributed by atoms with Crippen LogP contribution in [0.1, 0.15) is 12.0 Å². The molecule has 1 aliphatic rings. The van der Waals surface area contributed by atoms with Gasteiger partial charge in [-0.05, 0) is 88.0 Å². The van der Waals surface area contributed by atoms with Crippen molar-refractivity contribution in [1.82, 2.24) is 0 Å². The molecule has 7 aromatic carbocycles. The lowest BCUT2D eigenvalue weighted by Gasteiger charge is -2.52. The van der Waals surface area contributed by atoms with Gasteiger partial charge in [-0.2, -0.15) is 0 Å². The van der Waals surface area contributed by atoms with Crippen molar-refractivity contribution < 1.29 is 0 Å². The fraction of sp³-hybridized carbons (Fsp3) is 0.0417. The fourth-order valence-electron chi connectivity index (χ4n) is 7.39. The standard InChI is InChI=1S/C48H38N2/c1-6-21-38(22-7-1)44-32-16-18-34-46(44)47-35-19-17-33-45(47)39-23-20-36-48(37-39,49(40-24-8-2-9-25-40)41-26-10-3-11-27-41)50(42-28-12-4-13-29-42)43-30-14-5-15-31-43/h1-36H,37H2. The molecule has 0 spiro atoms. The summed E-state index contributed by atoms with van der Waals surface area (Å²) in [5.41, 5.74) is 11.2. The van der Waals surface area contributed by atoms with Gasteiger partial charge in [0.05, 0.1) is 0 Å². The van der Waals surface area contributed by atoms with Crippen LogP contribution in [0.25, 0.3) is 27.8 Å². The number of nitrogens with zero attached hydrogens (tertiary/aromatic N) is 2. The number of hydrogen-bond donors (Lipinski definition) is 0. The van der Waals surface area contributed by atoms with Crippen LogP contribution in [0.5, 0.6) is 0 Å². The van der Waals surface area contributed by atoms with Crippen LogP contribution in [0.3, 0.4) is 0 Å². The average Bonchev–Trinajstić information content (AvgIpc) is 3.20. The van der Waals surface area contributed by atoms with Crippen LogP contribution in [0.15, 0.2) is 218 Å². The van der Waals surface area contributed by atoms with Gasteiger partial charge >= 0.3 is 0 Å². The summed E-state index contributed by atoms with van der Waals surface area (Å²) in [6, 6.07) is 71.6. The summed E-state index contributed by atoms with van der Waals surface area (Å²) in [7, 11) is 0. The highest BCUT2D eigenvalue weighted by Crippen LogP contribution is 2.49. The minimum Gasteiger partial charge on any atom is -0.314 e. The Morgan fingerprint density at radius 2 is 0.680 bits per heavy atom. The first-order valence-electron chi connectivity index (χ1n) is 17.3. The number of anilines is 4. The summed E-state index contributed by atoms with van der Waals surface area (Å²) in [5, 5.41) is 0. The summed E-state index contributed by atoms with van der Waals surface area (Å²) >= 11 is 0. The van der Waals surface area contributed by atoms with Gasteiger partial charge in [-0.3, -0.25) is 0 Å². The number of hydrogen-bond acceptors (Lipinski definition) is 2. The van der Waals surface area contributed by atoms with Crippen LogP contribution in [0.4, 0.5) is 22.7 Å². The van der Waals surface area contributed by atoms with Gasteiger partial charge in [-0.15, -0.1) is 0 Å². The largest absolute Gasteiger partial charge is 0.314 e. The second-order valence-corrected chi connectivity index (χ2v) is 12.6. The predicted octanol–water partition coefficient (Wildman–Crippen LogP) is 12.7. The van der Waals surface area contributed by atoms with E-state index in [1.54, 1.807) is 0 Å². The van der Waals surface area contributed by atoms with Gasteiger partial charge in [-0.25, -0.2) is 0 Å². The number of rotatable bonds is 9. The molecule has 2 nitrogen and oxygen atoms in total. The molecular formula is C48H38N2. The zero-order chi connectivity index (χ0) is 33.6. The Morgan fingerprint density at radius 3 is 1.12 bits per heavy atom. The zero-order valence-electron chi connectivity index (χ0n) is 27.9. The Bertz CT molecular complexity index is 2060. The second-order valence-electron chi connectivity index (χ2n) is 12.6. The molecular weight excluding hydrogens is 605 g/mol. The average molecular weight is 643 g/mol. The Morgan fingerprint density at radius 1 is 0.340 bits per heavy atom. The van der Waals surface area contributed by atoms with E-state index in [0.29, 0.717) is 6.42 Å². The highest BCUT2D eigenvalue weighted by molar-refractivity contribution is 5.91. The minimum absolute atomic E-state index is 0.679. The Hall–Kier alpha value is -6.38. The summed E-state index contributed by atoms with van der Waals surface area (Å²) < 4.78 is 0. The third-order valence-electron chi connectivity index (χ3n) is 9.52. The van der Waals surface area contributed by atoms with E-state index in [2.05, 4.69) is 228 Å². The first-order valence-corrected chi connectivity index (χ1v) is 17.3. The predicted molar refractivity (Wildman–Crippen MR) is 212 cm³/mol. The molecule has 240 valence electrons. The molecule has 1 aliphatic carbocycles. The lowest BCUT2D eigenvalue weighted by Crippen LogP contribution is -2.57. The second kappa shape index (κ2) is 14.0. The van der Waals surface area contributed by atoms with Gasteiger partial charge < -0.3 is 9.80 Å². The van der Waals surface area contributed by atoms with E-state index in [-0.39, 0.29) is 0 Å². The highest BCUT2D eigenvalue weighted by Gasteiger charge is 2.45. The maximum atomic E-state index is 2.51. The number of allylic oxidation sites excluding steroid dienone is 2. The van der Waals surface area contributed by atoms with Crippen molar-refractivity contribution in [2.45, 2.75) is 12.1 Å². The molecule has 0 radical (unpaired) electrons. The third kappa shape index (κ3) is 5.93.